The third-order valence-electron chi connectivity index (χ3n) is 9.01. The number of aromatic nitrogens is 6. The van der Waals surface area contributed by atoms with E-state index in [0.29, 0.717) is 30.6 Å². The number of hydrogen-bond donors (Lipinski definition) is 1. The van der Waals surface area contributed by atoms with Crippen LogP contribution >= 0.6 is 0 Å². The maximum absolute atomic E-state index is 12.4. The normalized spacial score (nSPS) is 12.7. The van der Waals surface area contributed by atoms with Gasteiger partial charge in [-0.2, -0.15) is 10.2 Å². The van der Waals surface area contributed by atoms with Crippen LogP contribution < -0.4 is 0 Å². The van der Waals surface area contributed by atoms with Gasteiger partial charge in [-0.25, -0.2) is 14.8 Å². The smallest absolute Gasteiger partial charge is 0.357 e. The highest BCUT2D eigenvalue weighted by Gasteiger charge is 2.23. The van der Waals surface area contributed by atoms with Crippen molar-refractivity contribution in [1.29, 1.82) is 0 Å². The van der Waals surface area contributed by atoms with Crippen molar-refractivity contribution in [3.63, 3.8) is 0 Å². The highest BCUT2D eigenvalue weighted by molar-refractivity contribution is 5.92. The lowest BCUT2D eigenvalue weighted by molar-refractivity contribution is 0.0689. The van der Waals surface area contributed by atoms with Crippen LogP contribution in [0.2, 0.25) is 0 Å². The second kappa shape index (κ2) is 14.2. The Labute approximate surface area is 297 Å². The molecule has 0 radical (unpaired) electrons. The third kappa shape index (κ3) is 6.81. The van der Waals surface area contributed by atoms with Crippen molar-refractivity contribution in [2.75, 3.05) is 13.1 Å². The summed E-state index contributed by atoms with van der Waals surface area (Å²) >= 11 is 0. The van der Waals surface area contributed by atoms with Gasteiger partial charge in [-0.15, -0.1) is 0 Å². The number of likely N-dealkylation sites (tertiary alicyclic amines) is 1. The third-order valence-corrected chi connectivity index (χ3v) is 9.01. The van der Waals surface area contributed by atoms with E-state index in [4.69, 9.17) is 13.9 Å². The fraction of sp³-hybridized carbons (Fsp3) is 0.150. The van der Waals surface area contributed by atoms with Gasteiger partial charge in [0.1, 0.15) is 12.5 Å². The average molecular weight is 692 g/mol. The zero-order valence-corrected chi connectivity index (χ0v) is 28.0. The molecule has 1 saturated heterocycles. The van der Waals surface area contributed by atoms with Crippen LogP contribution in [0.3, 0.4) is 0 Å². The molecule has 0 bridgehead atoms. The van der Waals surface area contributed by atoms with Crippen molar-refractivity contribution in [3.8, 4) is 22.9 Å². The number of aromatic carboxylic acids is 1. The molecular formula is C40H33N7O5. The van der Waals surface area contributed by atoms with E-state index in [1.54, 1.807) is 0 Å². The first-order chi connectivity index (χ1) is 25.5. The summed E-state index contributed by atoms with van der Waals surface area (Å²) in [6, 6.07) is 31.9. The minimum atomic E-state index is -1.10. The lowest BCUT2D eigenvalue weighted by atomic mass is 10.1. The quantitative estimate of drug-likeness (QED) is 0.172. The maximum Gasteiger partial charge on any atom is 0.357 e. The van der Waals surface area contributed by atoms with Crippen molar-refractivity contribution in [2.45, 2.75) is 25.9 Å². The number of carbonyl (C=O) groups is 2. The van der Waals surface area contributed by atoms with Crippen LogP contribution in [0.15, 0.2) is 131 Å². The Morgan fingerprint density at radius 3 is 1.56 bits per heavy atom. The van der Waals surface area contributed by atoms with E-state index in [2.05, 4.69) is 32.3 Å². The summed E-state index contributed by atoms with van der Waals surface area (Å²) in [5, 5.41) is 20.0. The van der Waals surface area contributed by atoms with Gasteiger partial charge in [0.2, 0.25) is 11.8 Å². The Hall–Kier alpha value is -6.82. The van der Waals surface area contributed by atoms with Crippen LogP contribution in [0.4, 0.5) is 0 Å². The number of para-hydroxylation sites is 2. The summed E-state index contributed by atoms with van der Waals surface area (Å²) in [6.45, 7) is 2.95. The maximum atomic E-state index is 12.4. The predicted octanol–water partition coefficient (Wildman–Crippen LogP) is 7.41. The molecule has 12 nitrogen and oxygen atoms in total. The Balaban J connectivity index is 0.000000151. The van der Waals surface area contributed by atoms with Gasteiger partial charge in [-0.3, -0.25) is 14.2 Å². The molecule has 0 unspecified atom stereocenters. The van der Waals surface area contributed by atoms with E-state index < -0.39 is 5.97 Å². The fourth-order valence-electron chi connectivity index (χ4n) is 6.25. The highest BCUT2D eigenvalue weighted by atomic mass is 16.4. The van der Waals surface area contributed by atoms with E-state index in [9.17, 15) is 9.59 Å². The minimum Gasteiger partial charge on any atom is -0.476 e. The van der Waals surface area contributed by atoms with Crippen LogP contribution in [0.25, 0.3) is 44.7 Å². The number of benzene rings is 4. The zero-order valence-electron chi connectivity index (χ0n) is 28.0. The van der Waals surface area contributed by atoms with Gasteiger partial charge in [0.15, 0.2) is 11.4 Å². The van der Waals surface area contributed by atoms with E-state index in [0.717, 1.165) is 76.3 Å². The number of fused-ring (bicyclic) bond motifs is 2. The number of carboxylic acid groups (broad SMARTS) is 1. The number of hydrogen-bond acceptors (Lipinski definition) is 8. The largest absolute Gasteiger partial charge is 0.476 e. The molecule has 1 N–H and O–H groups in total. The van der Waals surface area contributed by atoms with Gasteiger partial charge < -0.3 is 18.8 Å². The molecule has 1 aliphatic rings. The van der Waals surface area contributed by atoms with Crippen molar-refractivity contribution in [3.05, 3.63) is 144 Å². The fourth-order valence-corrected chi connectivity index (χ4v) is 6.25. The van der Waals surface area contributed by atoms with E-state index in [1.807, 2.05) is 112 Å². The summed E-state index contributed by atoms with van der Waals surface area (Å²) in [7, 11) is 0. The highest BCUT2D eigenvalue weighted by Crippen LogP contribution is 2.23. The standard InChI is InChI=1S/C22H20N4O2.C18H13N3O3/c27-22(25-11-3-4-12-25)19-15-28-21(24-19)17-9-7-16(8-10-17)14-26-20-6-2-1-5-18(20)13-23-26;22-18(23)15-11-24-17(20-15)13-7-5-12(6-8-13)10-21-16-4-2-1-3-14(16)9-19-21/h1-2,5-10,13,15H,3-4,11-12,14H2;1-9,11H,10H2,(H,22,23). The Kier molecular flexibility index (Phi) is 8.84. The Bertz CT molecular complexity index is 2490. The molecule has 9 rings (SSSR count). The molecule has 0 saturated carbocycles. The molecule has 0 spiro atoms. The second-order valence-corrected chi connectivity index (χ2v) is 12.5. The number of carbonyl (C=O) groups excluding carboxylic acids is 1. The Morgan fingerprint density at radius 2 is 1.08 bits per heavy atom. The molecule has 1 fully saturated rings. The van der Waals surface area contributed by atoms with Gasteiger partial charge in [-0.05, 0) is 60.4 Å². The van der Waals surface area contributed by atoms with Gasteiger partial charge in [0.05, 0.1) is 36.5 Å². The molecule has 0 aliphatic carbocycles. The molecule has 1 aliphatic heterocycles. The average Bonchev–Trinajstić information content (AvgIpc) is 4.03. The molecule has 4 aromatic carbocycles. The van der Waals surface area contributed by atoms with Crippen molar-refractivity contribution < 1.29 is 23.5 Å². The summed E-state index contributed by atoms with van der Waals surface area (Å²) in [6.07, 6.45) is 8.45. The zero-order chi connectivity index (χ0) is 35.4. The SMILES string of the molecule is O=C(O)c1coc(-c2ccc(Cn3ncc4ccccc43)cc2)n1.O=C(c1coc(-c2ccc(Cn3ncc4ccccc43)cc2)n1)N1CCCC1. The van der Waals surface area contributed by atoms with Gasteiger partial charge in [-0.1, -0.05) is 60.7 Å². The summed E-state index contributed by atoms with van der Waals surface area (Å²) < 4.78 is 14.7. The van der Waals surface area contributed by atoms with Crippen LogP contribution in [0.1, 0.15) is 44.9 Å². The number of oxazole rings is 2. The van der Waals surface area contributed by atoms with Crippen molar-refractivity contribution >= 4 is 33.7 Å². The van der Waals surface area contributed by atoms with Crippen molar-refractivity contribution in [1.82, 2.24) is 34.4 Å². The molecular weight excluding hydrogens is 658 g/mol. The predicted molar refractivity (Wildman–Crippen MR) is 194 cm³/mol. The van der Waals surface area contributed by atoms with Crippen LogP contribution in [-0.4, -0.2) is 64.5 Å². The molecule has 0 atom stereocenters. The Morgan fingerprint density at radius 1 is 0.615 bits per heavy atom. The number of rotatable bonds is 8. The first-order valence-corrected chi connectivity index (χ1v) is 16.9. The molecule has 5 heterocycles. The van der Waals surface area contributed by atoms with Crippen molar-refractivity contribution in [2.24, 2.45) is 0 Å². The van der Waals surface area contributed by atoms with Gasteiger partial charge in [0.25, 0.3) is 5.91 Å². The topological polar surface area (TPSA) is 145 Å². The number of amides is 1. The summed E-state index contributed by atoms with van der Waals surface area (Å²) in [4.78, 5) is 33.4. The second-order valence-electron chi connectivity index (χ2n) is 12.5. The van der Waals surface area contributed by atoms with Crippen LogP contribution in [-0.2, 0) is 13.1 Å². The minimum absolute atomic E-state index is 0.0466. The molecule has 1 amide bonds. The first kappa shape index (κ1) is 32.4. The van der Waals surface area contributed by atoms with Crippen LogP contribution in [0, 0.1) is 0 Å². The van der Waals surface area contributed by atoms with Gasteiger partial charge >= 0.3 is 5.97 Å². The monoisotopic (exact) mass is 691 g/mol. The van der Waals surface area contributed by atoms with Gasteiger partial charge in [0, 0.05) is 35.0 Å². The number of nitrogens with zero attached hydrogens (tertiary/aromatic N) is 7. The van der Waals surface area contributed by atoms with E-state index >= 15 is 0 Å². The van der Waals surface area contributed by atoms with E-state index in [-0.39, 0.29) is 11.6 Å². The number of carboxylic acids is 1. The lowest BCUT2D eigenvalue weighted by Gasteiger charge is -2.12. The molecule has 4 aromatic heterocycles. The molecule has 258 valence electrons. The van der Waals surface area contributed by atoms with E-state index in [1.165, 1.54) is 6.26 Å². The first-order valence-electron chi connectivity index (χ1n) is 16.9. The molecule has 8 aromatic rings. The summed E-state index contributed by atoms with van der Waals surface area (Å²) in [5.41, 5.74) is 6.28. The molecule has 12 heteroatoms. The lowest BCUT2D eigenvalue weighted by Crippen LogP contribution is -2.27. The summed E-state index contributed by atoms with van der Waals surface area (Å²) in [5.74, 6) is -0.385. The molecule has 52 heavy (non-hydrogen) atoms. The van der Waals surface area contributed by atoms with Crippen LogP contribution in [0.5, 0.6) is 0 Å².